The molecule has 0 radical (unpaired) electrons. The van der Waals surface area contributed by atoms with Crippen LogP contribution >= 0.6 is 11.6 Å². The Morgan fingerprint density at radius 1 is 0.441 bits per heavy atom. The molecule has 0 bridgehead atoms. The summed E-state index contributed by atoms with van der Waals surface area (Å²) in [6, 6.07) is 60.9. The van der Waals surface area contributed by atoms with Crippen LogP contribution in [0.15, 0.2) is 298 Å². The number of aromatic nitrogens is 5. The molecule has 1 unspecified atom stereocenters. The summed E-state index contributed by atoms with van der Waals surface area (Å²) in [5.74, 6) is 4.07. The highest BCUT2D eigenvalue weighted by atomic mass is 35.5. The van der Waals surface area contributed by atoms with Crippen LogP contribution in [0.3, 0.4) is 0 Å². The smallest absolute Gasteiger partial charge is 0.491 e. The number of nitrogens with zero attached hydrogens (tertiary/aromatic N) is 5. The van der Waals surface area contributed by atoms with Crippen LogP contribution in [0, 0.1) is 0 Å². The monoisotopic (exact) mass is 1740 g/mol. The molecule has 5 aromatic heterocycles. The number of rotatable bonds is 22. The number of benzene rings is 7. The molecule has 1 saturated heterocycles. The Balaban J connectivity index is 0.000000138. The van der Waals surface area contributed by atoms with Crippen molar-refractivity contribution in [1.82, 2.24) is 35.6 Å². The molecule has 0 spiro atoms. The summed E-state index contributed by atoms with van der Waals surface area (Å²) in [4.78, 5) is 75.1. The van der Waals surface area contributed by atoms with Gasteiger partial charge in [0.2, 0.25) is 0 Å². The number of hydrogen-bond donors (Lipinski definition) is 8. The molecule has 5 aliphatic rings. The van der Waals surface area contributed by atoms with Crippen molar-refractivity contribution in [3.63, 3.8) is 0 Å². The predicted octanol–water partition coefficient (Wildman–Crippen LogP) is 23.3. The number of fused-ring (bicyclic) bond motifs is 4. The third-order valence-corrected chi connectivity index (χ3v) is 19.8. The van der Waals surface area contributed by atoms with E-state index in [1.54, 1.807) is 82.9 Å². The first-order chi connectivity index (χ1) is 61.0. The van der Waals surface area contributed by atoms with Crippen molar-refractivity contribution in [2.75, 3.05) is 43.4 Å². The van der Waals surface area contributed by atoms with Gasteiger partial charge in [0.05, 0.1) is 18.3 Å². The maximum Gasteiger partial charge on any atom is 0.573 e. The second-order valence-corrected chi connectivity index (χ2v) is 30.2. The predicted molar refractivity (Wildman–Crippen MR) is 482 cm³/mol. The molecule has 1 atom stereocenters. The molecule has 127 heavy (non-hydrogen) atoms. The van der Waals surface area contributed by atoms with E-state index in [-0.39, 0.29) is 53.4 Å². The van der Waals surface area contributed by atoms with Gasteiger partial charge in [-0.3, -0.25) is 43.8 Å². The SMILES string of the molecule is C=C1C=Cc2cc(C(=O)NCC3CCCO3)[nH]c2N1c1ccc(OC(F)(F)F)cc1.C=C1C=Cc2cc(C(=O)NCc3ccncc3)[nH]c2N1c1ccc(OC(C)C)cc1.C=C1C=Cc2cc(C(=O)Nc3cccc(Cl)c3)[nH]c2N1c1ccc(OC(F)(F)F)cc1.C=C1C=Cc2cc(C(=O)Nc3cccc(Oc4ccccc4)c3)[nH]c2N1c1ccc(OC(C)C)cc1. The van der Waals surface area contributed by atoms with Crippen LogP contribution in [0.1, 0.15) is 110 Å². The van der Waals surface area contributed by atoms with Crippen LogP contribution in [0.5, 0.6) is 34.5 Å². The maximum absolute atomic E-state index is 13.1. The second-order valence-electron chi connectivity index (χ2n) is 29.7. The van der Waals surface area contributed by atoms with E-state index >= 15 is 0 Å². The minimum atomic E-state index is -4.77. The zero-order chi connectivity index (χ0) is 89.6. The number of hydrogen-bond acceptors (Lipinski definition) is 15. The summed E-state index contributed by atoms with van der Waals surface area (Å²) in [6.45, 7) is 25.9. The van der Waals surface area contributed by atoms with Crippen LogP contribution in [-0.4, -0.2) is 92.7 Å². The van der Waals surface area contributed by atoms with E-state index in [2.05, 4.69) is 82.0 Å². The summed E-state index contributed by atoms with van der Waals surface area (Å²) in [5, 5.41) is 12.0. The average molecular weight is 1740 g/mol. The lowest BCUT2D eigenvalue weighted by atomic mass is 10.1. The molecule has 0 saturated carbocycles. The van der Waals surface area contributed by atoms with Crippen molar-refractivity contribution in [3.05, 3.63) is 354 Å². The van der Waals surface area contributed by atoms with Gasteiger partial charge in [0, 0.05) is 122 Å². The second kappa shape index (κ2) is 39.0. The van der Waals surface area contributed by atoms with E-state index in [1.165, 1.54) is 48.5 Å². The number of aromatic amines is 4. The summed E-state index contributed by atoms with van der Waals surface area (Å²) in [6.07, 6.45) is 11.0. The highest BCUT2D eigenvalue weighted by Crippen LogP contribution is 2.43. The van der Waals surface area contributed by atoms with Crippen molar-refractivity contribution in [1.29, 1.82) is 0 Å². The van der Waals surface area contributed by atoms with Crippen molar-refractivity contribution < 1.29 is 73.9 Å². The number of para-hydroxylation sites is 1. The van der Waals surface area contributed by atoms with Gasteiger partial charge in [-0.1, -0.05) is 68.2 Å². The fourth-order valence-corrected chi connectivity index (χ4v) is 14.2. The van der Waals surface area contributed by atoms with Crippen LogP contribution in [0.2, 0.25) is 5.02 Å². The van der Waals surface area contributed by atoms with Gasteiger partial charge in [-0.15, -0.1) is 26.3 Å². The molecular weight excluding hydrogens is 1660 g/mol. The molecule has 648 valence electrons. The maximum atomic E-state index is 13.1. The van der Waals surface area contributed by atoms with Gasteiger partial charge < -0.3 is 69.6 Å². The fraction of sp³-hybridized carbons (Fsp3) is 0.144. The summed E-state index contributed by atoms with van der Waals surface area (Å²) in [7, 11) is 0. The minimum Gasteiger partial charge on any atom is -0.491 e. The first-order valence-electron chi connectivity index (χ1n) is 40.1. The molecule has 30 heteroatoms. The number of halogens is 7. The van der Waals surface area contributed by atoms with Gasteiger partial charge in [0.25, 0.3) is 23.6 Å². The summed E-state index contributed by atoms with van der Waals surface area (Å²) in [5.41, 5.74) is 12.9. The largest absolute Gasteiger partial charge is 0.573 e. The van der Waals surface area contributed by atoms with Gasteiger partial charge in [-0.05, 0) is 271 Å². The molecule has 1 fully saturated rings. The Hall–Kier alpha value is -15.4. The van der Waals surface area contributed by atoms with E-state index in [4.69, 9.17) is 30.5 Å². The van der Waals surface area contributed by atoms with Crippen LogP contribution < -0.4 is 64.6 Å². The van der Waals surface area contributed by atoms with Crippen molar-refractivity contribution in [2.24, 2.45) is 0 Å². The molecule has 4 amide bonds. The quantitative estimate of drug-likeness (QED) is 0.0293. The van der Waals surface area contributed by atoms with E-state index in [9.17, 15) is 45.5 Å². The van der Waals surface area contributed by atoms with Crippen molar-refractivity contribution in [3.8, 4) is 34.5 Å². The zero-order valence-corrected chi connectivity index (χ0v) is 69.8. The zero-order valence-electron chi connectivity index (χ0n) is 69.0. The topological polar surface area (TPSA) is 261 Å². The number of carbonyl (C=O) groups excluding carboxylic acids is 4. The number of nitrogens with one attached hydrogen (secondary N) is 8. The lowest BCUT2D eigenvalue weighted by Crippen LogP contribution is -2.32. The average Bonchev–Trinajstić information content (AvgIpc) is 1.67. The van der Waals surface area contributed by atoms with Crippen LogP contribution in [0.25, 0.3) is 24.3 Å². The summed E-state index contributed by atoms with van der Waals surface area (Å²) < 4.78 is 105. The van der Waals surface area contributed by atoms with Gasteiger partial charge in [0.15, 0.2) is 0 Å². The van der Waals surface area contributed by atoms with Gasteiger partial charge >= 0.3 is 12.7 Å². The molecule has 5 aliphatic heterocycles. The Kier molecular flexibility index (Phi) is 27.0. The van der Waals surface area contributed by atoms with Crippen molar-refractivity contribution >= 4 is 117 Å². The number of alkyl halides is 6. The Morgan fingerprint density at radius 3 is 1.19 bits per heavy atom. The third kappa shape index (κ3) is 22.7. The number of carbonyl (C=O) groups is 4. The van der Waals surface area contributed by atoms with E-state index in [0.29, 0.717) is 99.0 Å². The normalized spacial score (nSPS) is 14.1. The van der Waals surface area contributed by atoms with Crippen molar-refractivity contribution in [2.45, 2.75) is 78.1 Å². The van der Waals surface area contributed by atoms with Gasteiger partial charge in [-0.25, -0.2) is 0 Å². The highest BCUT2D eigenvalue weighted by molar-refractivity contribution is 6.31. The third-order valence-electron chi connectivity index (χ3n) is 19.6. The number of ether oxygens (including phenoxy) is 6. The first kappa shape index (κ1) is 88.0. The summed E-state index contributed by atoms with van der Waals surface area (Å²) >= 11 is 5.95. The lowest BCUT2D eigenvalue weighted by molar-refractivity contribution is -0.275. The molecular formula is C97H86ClF6N13O10. The molecule has 23 nitrogen and oxygen atoms in total. The fourth-order valence-electron chi connectivity index (χ4n) is 14.0. The van der Waals surface area contributed by atoms with Gasteiger partial charge in [0.1, 0.15) is 80.5 Å². The Morgan fingerprint density at radius 2 is 0.811 bits per heavy atom. The molecule has 17 rings (SSSR count). The molecule has 0 aliphatic carbocycles. The highest BCUT2D eigenvalue weighted by Gasteiger charge is 2.34. The first-order valence-corrected chi connectivity index (χ1v) is 40.5. The van der Waals surface area contributed by atoms with Crippen LogP contribution in [-0.2, 0) is 11.3 Å². The van der Waals surface area contributed by atoms with E-state index in [0.717, 1.165) is 92.3 Å². The molecule has 10 heterocycles. The number of anilines is 10. The van der Waals surface area contributed by atoms with E-state index < -0.39 is 12.7 Å². The molecule has 12 aromatic rings. The molecule has 7 aromatic carbocycles. The Labute approximate surface area is 732 Å². The number of amides is 4. The van der Waals surface area contributed by atoms with Gasteiger partial charge in [-0.2, -0.15) is 0 Å². The number of allylic oxidation sites excluding steroid dienone is 4. The van der Waals surface area contributed by atoms with E-state index in [1.807, 2.05) is 189 Å². The number of H-pyrrole nitrogens is 4. The lowest BCUT2D eigenvalue weighted by Gasteiger charge is -2.27. The Bertz CT molecular complexity index is 6150. The standard InChI is InChI=1S/C30H27N3O3.C24H24N4O2.C22H15ClF3N3O2.C21H20F3N3O3/c1-20(2)35-26-16-14-24(15-17-26)33-21(3)12-13-22-18-28(32-29(22)33)30(34)31-23-8-7-11-27(19-23)36-25-9-5-4-6-10-25;1-16(2)30-21-8-6-20(7-9-21)28-17(3)4-5-19-14-22(27-23(19)28)24(29)26-15-18-10-12-25-13-11-18;1-13-5-6-14-11-19(21(30)27-16-4-2-3-15(23)12-16)28-20(14)29(13)17-7-9-18(10-8-17)31-22(24,25)26;1-13-4-5-14-11-18(20(28)25-12-17-3-2-10-29-17)26-19(14)27(13)15-6-8-16(9-7-15)30-21(22,23)24/h4-20,32H,3H2,1-2H3,(H,31,34);4-14,16,27H,3,15H2,1-2H3,(H,26,29);2-12,28H,1H2,(H,27,30);4-9,11,17,26H,1-3,10,12H2,(H,25,28). The minimum absolute atomic E-state index is 0.0344. The number of pyridine rings is 1. The van der Waals surface area contributed by atoms with Crippen LogP contribution in [0.4, 0.5) is 83.7 Å². The molecule has 8 N–H and O–H groups in total.